The molecule has 0 bridgehead atoms. The fourth-order valence-corrected chi connectivity index (χ4v) is 2.97. The van der Waals surface area contributed by atoms with Gasteiger partial charge in [-0.25, -0.2) is 4.39 Å². The molecule has 1 saturated heterocycles. The predicted octanol–water partition coefficient (Wildman–Crippen LogP) is 3.94. The summed E-state index contributed by atoms with van der Waals surface area (Å²) in [5.41, 5.74) is 2.28. The maximum atomic E-state index is 13.0. The van der Waals surface area contributed by atoms with E-state index in [1.807, 2.05) is 35.3 Å². The summed E-state index contributed by atoms with van der Waals surface area (Å²) in [6.07, 6.45) is 3.77. The van der Waals surface area contributed by atoms with Crippen LogP contribution in [0.1, 0.15) is 11.1 Å². The second kappa shape index (κ2) is 7.14. The summed E-state index contributed by atoms with van der Waals surface area (Å²) in [5, 5.41) is 0.545. The van der Waals surface area contributed by atoms with Gasteiger partial charge in [0.1, 0.15) is 11.4 Å². The molecule has 0 N–H and O–H groups in total. The maximum Gasteiger partial charge on any atom is 0.200 e. The molecule has 1 aliphatic heterocycles. The summed E-state index contributed by atoms with van der Waals surface area (Å²) in [4.78, 5) is 14.5. The second-order valence-electron chi connectivity index (χ2n) is 6.19. The van der Waals surface area contributed by atoms with Gasteiger partial charge in [0.2, 0.25) is 0 Å². The van der Waals surface area contributed by atoms with Gasteiger partial charge < -0.3 is 14.1 Å². The first-order valence-corrected chi connectivity index (χ1v) is 8.53. The van der Waals surface area contributed by atoms with Gasteiger partial charge in [-0.15, -0.1) is 0 Å². The molecule has 0 spiro atoms. The normalized spacial score (nSPS) is 15.0. The topological polar surface area (TPSA) is 42.7 Å². The van der Waals surface area contributed by atoms with Crippen molar-refractivity contribution in [1.29, 1.82) is 0 Å². The molecular formula is C21H18FNO3. The van der Waals surface area contributed by atoms with Crippen molar-refractivity contribution in [2.24, 2.45) is 0 Å². The largest absolute Gasteiger partial charge is 0.440 e. The van der Waals surface area contributed by atoms with Crippen LogP contribution in [0.4, 0.5) is 10.3 Å². The third-order valence-corrected chi connectivity index (χ3v) is 4.40. The van der Waals surface area contributed by atoms with Gasteiger partial charge in [-0.05, 0) is 35.4 Å². The molecule has 2 heterocycles. The van der Waals surface area contributed by atoms with Crippen molar-refractivity contribution in [2.45, 2.75) is 0 Å². The molecule has 1 fully saturated rings. The van der Waals surface area contributed by atoms with Gasteiger partial charge in [0.05, 0.1) is 18.6 Å². The number of halogens is 1. The number of nitrogens with zero attached hydrogens (tertiary/aromatic N) is 1. The zero-order chi connectivity index (χ0) is 17.9. The number of benzene rings is 2. The van der Waals surface area contributed by atoms with Crippen LogP contribution in [0.3, 0.4) is 0 Å². The molecule has 0 amide bonds. The number of fused-ring (bicyclic) bond motifs is 1. The van der Waals surface area contributed by atoms with E-state index in [9.17, 15) is 9.18 Å². The highest BCUT2D eigenvalue weighted by atomic mass is 19.1. The Morgan fingerprint density at radius 1 is 0.923 bits per heavy atom. The van der Waals surface area contributed by atoms with Gasteiger partial charge in [0.15, 0.2) is 11.3 Å². The van der Waals surface area contributed by atoms with E-state index in [1.165, 1.54) is 12.1 Å². The first-order valence-electron chi connectivity index (χ1n) is 8.53. The average Bonchev–Trinajstić information content (AvgIpc) is 2.68. The van der Waals surface area contributed by atoms with Crippen molar-refractivity contribution in [1.82, 2.24) is 0 Å². The van der Waals surface area contributed by atoms with Gasteiger partial charge in [-0.2, -0.15) is 0 Å². The lowest BCUT2D eigenvalue weighted by molar-refractivity contribution is 0.121. The Morgan fingerprint density at radius 3 is 2.38 bits per heavy atom. The third kappa shape index (κ3) is 3.53. The van der Waals surface area contributed by atoms with Gasteiger partial charge in [-0.3, -0.25) is 4.79 Å². The lowest BCUT2D eigenvalue weighted by Gasteiger charge is -2.27. The molecule has 4 rings (SSSR count). The number of hydrogen-bond donors (Lipinski definition) is 0. The summed E-state index contributed by atoms with van der Waals surface area (Å²) in [6, 6.07) is 13.3. The van der Waals surface area contributed by atoms with Crippen LogP contribution in [0, 0.1) is 5.82 Å². The van der Waals surface area contributed by atoms with E-state index in [0.29, 0.717) is 43.2 Å². The Balaban J connectivity index is 1.63. The molecule has 0 atom stereocenters. The van der Waals surface area contributed by atoms with E-state index >= 15 is 0 Å². The molecule has 26 heavy (non-hydrogen) atoms. The number of rotatable bonds is 3. The smallest absolute Gasteiger partial charge is 0.200 e. The highest BCUT2D eigenvalue weighted by molar-refractivity contribution is 5.82. The molecule has 2 aromatic carbocycles. The lowest BCUT2D eigenvalue weighted by Crippen LogP contribution is -2.36. The summed E-state index contributed by atoms with van der Waals surface area (Å²) >= 11 is 0. The van der Waals surface area contributed by atoms with Gasteiger partial charge in [0.25, 0.3) is 0 Å². The molecule has 0 unspecified atom stereocenters. The van der Waals surface area contributed by atoms with Crippen LogP contribution >= 0.6 is 0 Å². The van der Waals surface area contributed by atoms with Crippen molar-refractivity contribution in [3.63, 3.8) is 0 Å². The monoisotopic (exact) mass is 351 g/mol. The third-order valence-electron chi connectivity index (χ3n) is 4.40. The highest BCUT2D eigenvalue weighted by Gasteiger charge is 2.15. The van der Waals surface area contributed by atoms with Crippen molar-refractivity contribution < 1.29 is 13.5 Å². The van der Waals surface area contributed by atoms with Crippen molar-refractivity contribution in [3.05, 3.63) is 75.7 Å². The van der Waals surface area contributed by atoms with Gasteiger partial charge in [-0.1, -0.05) is 30.4 Å². The van der Waals surface area contributed by atoms with Crippen molar-refractivity contribution >= 4 is 29.0 Å². The number of hydrogen-bond acceptors (Lipinski definition) is 4. The fourth-order valence-electron chi connectivity index (χ4n) is 2.97. The molecular weight excluding hydrogens is 333 g/mol. The number of ether oxygens (including phenoxy) is 1. The fraction of sp³-hybridized carbons (Fsp3) is 0.190. The van der Waals surface area contributed by atoms with E-state index in [2.05, 4.69) is 0 Å². The Bertz CT molecular complexity index is 1000. The maximum absolute atomic E-state index is 13.0. The first-order chi connectivity index (χ1) is 12.7. The van der Waals surface area contributed by atoms with Crippen LogP contribution in [-0.2, 0) is 4.74 Å². The summed E-state index contributed by atoms with van der Waals surface area (Å²) < 4.78 is 24.2. The summed E-state index contributed by atoms with van der Waals surface area (Å²) in [5.74, 6) is 0.321. The Labute approximate surface area is 150 Å². The van der Waals surface area contributed by atoms with E-state index < -0.39 is 0 Å². The minimum absolute atomic E-state index is 0.0650. The standard InChI is InChI=1S/C21H18FNO3/c22-17-6-3-15(4-7-17)1-2-16-5-8-20-18(13-16)19(24)14-21(26-20)23-9-11-25-12-10-23/h1-8,13-14H,9-12H2/b2-1+. The van der Waals surface area contributed by atoms with Crippen LogP contribution < -0.4 is 10.3 Å². The SMILES string of the molecule is O=c1cc(N2CCOCC2)oc2ccc(/C=C/c3ccc(F)cc3)cc12. The van der Waals surface area contributed by atoms with Crippen LogP contribution in [-0.4, -0.2) is 26.3 Å². The zero-order valence-corrected chi connectivity index (χ0v) is 14.2. The zero-order valence-electron chi connectivity index (χ0n) is 14.2. The van der Waals surface area contributed by atoms with Crippen LogP contribution in [0.15, 0.2) is 57.7 Å². The minimum atomic E-state index is -0.262. The Morgan fingerprint density at radius 2 is 1.62 bits per heavy atom. The number of morpholine rings is 1. The minimum Gasteiger partial charge on any atom is -0.440 e. The Hall–Kier alpha value is -2.92. The molecule has 3 aromatic rings. The quantitative estimate of drug-likeness (QED) is 0.671. The first kappa shape index (κ1) is 16.5. The second-order valence-corrected chi connectivity index (χ2v) is 6.19. The van der Waals surface area contributed by atoms with Crippen molar-refractivity contribution in [2.75, 3.05) is 31.2 Å². The Kier molecular flexibility index (Phi) is 4.54. The van der Waals surface area contributed by atoms with Crippen LogP contribution in [0.25, 0.3) is 23.1 Å². The highest BCUT2D eigenvalue weighted by Crippen LogP contribution is 2.22. The van der Waals surface area contributed by atoms with Gasteiger partial charge in [0, 0.05) is 19.2 Å². The number of anilines is 1. The van der Waals surface area contributed by atoms with E-state index in [1.54, 1.807) is 18.2 Å². The lowest BCUT2D eigenvalue weighted by atomic mass is 10.1. The van der Waals surface area contributed by atoms with E-state index in [0.717, 1.165) is 11.1 Å². The van der Waals surface area contributed by atoms with Crippen LogP contribution in [0.2, 0.25) is 0 Å². The molecule has 132 valence electrons. The average molecular weight is 351 g/mol. The van der Waals surface area contributed by atoms with Crippen LogP contribution in [0.5, 0.6) is 0 Å². The molecule has 1 aromatic heterocycles. The molecule has 5 heteroatoms. The summed E-state index contributed by atoms with van der Waals surface area (Å²) in [7, 11) is 0. The van der Waals surface area contributed by atoms with E-state index in [4.69, 9.17) is 9.15 Å². The molecule has 1 aliphatic rings. The molecule has 4 nitrogen and oxygen atoms in total. The molecule has 0 aliphatic carbocycles. The van der Waals surface area contributed by atoms with E-state index in [-0.39, 0.29) is 11.2 Å². The summed E-state index contributed by atoms with van der Waals surface area (Å²) in [6.45, 7) is 2.70. The molecule has 0 radical (unpaired) electrons. The molecule has 0 saturated carbocycles. The van der Waals surface area contributed by atoms with Crippen molar-refractivity contribution in [3.8, 4) is 0 Å². The van der Waals surface area contributed by atoms with Gasteiger partial charge >= 0.3 is 0 Å². The predicted molar refractivity (Wildman–Crippen MR) is 101 cm³/mol.